The molecular formula is C6H14F3NO2SSi. The molecule has 0 fully saturated rings. The number of halogens is 3. The fourth-order valence-corrected chi connectivity index (χ4v) is 5.24. The summed E-state index contributed by atoms with van der Waals surface area (Å²) >= 11 is 0. The molecule has 0 aromatic rings. The van der Waals surface area contributed by atoms with Gasteiger partial charge in [-0.15, -0.1) is 0 Å². The molecule has 0 heterocycles. The Morgan fingerprint density at radius 1 is 1.36 bits per heavy atom. The van der Waals surface area contributed by atoms with Crippen LogP contribution < -0.4 is 0 Å². The van der Waals surface area contributed by atoms with E-state index < -0.39 is 31.0 Å². The molecule has 0 aromatic heterocycles. The highest BCUT2D eigenvalue weighted by molar-refractivity contribution is 7.89. The van der Waals surface area contributed by atoms with Crippen molar-refractivity contribution in [2.24, 2.45) is 4.03 Å². The molecule has 8 heteroatoms. The van der Waals surface area contributed by atoms with Crippen molar-refractivity contribution in [3.63, 3.8) is 0 Å². The first kappa shape index (κ1) is 13.9. The third-order valence-corrected chi connectivity index (χ3v) is 4.95. The Hall–Kier alpha value is -0.0831. The SMILES string of the molecule is C[Si](C)(C)N=S(C)(=O)OCC(F)(F)F. The van der Waals surface area contributed by atoms with Gasteiger partial charge < -0.3 is 0 Å². The summed E-state index contributed by atoms with van der Waals surface area (Å²) < 4.78 is 54.6. The van der Waals surface area contributed by atoms with E-state index in [0.717, 1.165) is 6.26 Å². The third kappa shape index (κ3) is 8.51. The zero-order valence-corrected chi connectivity index (χ0v) is 10.3. The summed E-state index contributed by atoms with van der Waals surface area (Å²) in [7, 11) is -5.19. The van der Waals surface area contributed by atoms with Crippen LogP contribution >= 0.6 is 0 Å². The molecule has 0 rings (SSSR count). The van der Waals surface area contributed by atoms with Gasteiger partial charge in [0, 0.05) is 6.26 Å². The summed E-state index contributed by atoms with van der Waals surface area (Å²) in [4.78, 5) is 0. The first-order valence-electron chi connectivity index (χ1n) is 3.86. The van der Waals surface area contributed by atoms with Gasteiger partial charge in [-0.25, -0.2) is 4.21 Å². The van der Waals surface area contributed by atoms with Crippen molar-refractivity contribution in [3.8, 4) is 0 Å². The topological polar surface area (TPSA) is 38.7 Å². The van der Waals surface area contributed by atoms with Crippen LogP contribution in [0.2, 0.25) is 19.6 Å². The van der Waals surface area contributed by atoms with Crippen LogP contribution in [0, 0.1) is 0 Å². The Kier molecular flexibility index (Phi) is 4.17. The Morgan fingerprint density at radius 2 is 1.79 bits per heavy atom. The summed E-state index contributed by atoms with van der Waals surface area (Å²) in [5.41, 5.74) is 0. The predicted octanol–water partition coefficient (Wildman–Crippen LogP) is 2.41. The monoisotopic (exact) mass is 249 g/mol. The Bertz CT molecular complexity index is 301. The Morgan fingerprint density at radius 3 is 2.07 bits per heavy atom. The van der Waals surface area contributed by atoms with Gasteiger partial charge in [0.1, 0.15) is 0 Å². The van der Waals surface area contributed by atoms with Crippen LogP contribution in [0.5, 0.6) is 0 Å². The average Bonchev–Trinajstić information content (AvgIpc) is 1.76. The third-order valence-electron chi connectivity index (χ3n) is 0.881. The zero-order valence-electron chi connectivity index (χ0n) is 8.51. The van der Waals surface area contributed by atoms with E-state index in [1.165, 1.54) is 0 Å². The predicted molar refractivity (Wildman–Crippen MR) is 51.8 cm³/mol. The van der Waals surface area contributed by atoms with Gasteiger partial charge in [-0.05, 0) is 19.6 Å². The lowest BCUT2D eigenvalue weighted by molar-refractivity contribution is -0.151. The number of rotatable bonds is 3. The second kappa shape index (κ2) is 4.19. The van der Waals surface area contributed by atoms with Gasteiger partial charge in [0.2, 0.25) is 0 Å². The molecule has 0 aromatic carbocycles. The first-order valence-corrected chi connectivity index (χ1v) is 9.15. The summed E-state index contributed by atoms with van der Waals surface area (Å²) in [6, 6.07) is 0. The van der Waals surface area contributed by atoms with Gasteiger partial charge in [-0.2, -0.15) is 13.2 Å². The minimum absolute atomic E-state index is 1.08. The molecule has 0 aliphatic rings. The molecule has 14 heavy (non-hydrogen) atoms. The van der Waals surface area contributed by atoms with E-state index >= 15 is 0 Å². The fraction of sp³-hybridized carbons (Fsp3) is 1.00. The lowest BCUT2D eigenvalue weighted by atomic mass is 10.7. The van der Waals surface area contributed by atoms with E-state index in [9.17, 15) is 17.4 Å². The summed E-state index contributed by atoms with van der Waals surface area (Å²) in [6.45, 7) is 3.80. The van der Waals surface area contributed by atoms with Crippen LogP contribution in [0.25, 0.3) is 0 Å². The lowest BCUT2D eigenvalue weighted by Crippen LogP contribution is -2.24. The molecule has 0 bridgehead atoms. The van der Waals surface area contributed by atoms with Crippen molar-refractivity contribution >= 4 is 18.2 Å². The Labute approximate surface area is 83.1 Å². The molecule has 0 N–H and O–H groups in total. The van der Waals surface area contributed by atoms with Crippen LogP contribution in [0.15, 0.2) is 4.03 Å². The molecule has 0 aliphatic heterocycles. The minimum Gasteiger partial charge on any atom is -0.276 e. The largest absolute Gasteiger partial charge is 0.413 e. The molecule has 0 saturated carbocycles. The van der Waals surface area contributed by atoms with Crippen LogP contribution in [-0.4, -0.2) is 31.5 Å². The van der Waals surface area contributed by atoms with Crippen LogP contribution in [0.1, 0.15) is 0 Å². The number of nitrogens with zero attached hydrogens (tertiary/aromatic N) is 1. The highest BCUT2D eigenvalue weighted by Crippen LogP contribution is 2.17. The smallest absolute Gasteiger partial charge is 0.276 e. The van der Waals surface area contributed by atoms with Gasteiger partial charge >= 0.3 is 6.18 Å². The van der Waals surface area contributed by atoms with Crippen molar-refractivity contribution in [1.29, 1.82) is 0 Å². The fourth-order valence-electron chi connectivity index (χ4n) is 0.700. The minimum atomic E-state index is -4.46. The molecule has 0 amide bonds. The maximum atomic E-state index is 11.7. The maximum Gasteiger partial charge on any atom is 0.413 e. The normalized spacial score (nSPS) is 17.6. The van der Waals surface area contributed by atoms with Gasteiger partial charge in [-0.1, -0.05) is 0 Å². The van der Waals surface area contributed by atoms with Crippen LogP contribution in [0.4, 0.5) is 13.2 Å². The molecular weight excluding hydrogens is 235 g/mol. The van der Waals surface area contributed by atoms with Crippen LogP contribution in [0.3, 0.4) is 0 Å². The molecule has 86 valence electrons. The van der Waals surface area contributed by atoms with E-state index in [2.05, 4.69) is 8.21 Å². The molecule has 0 aliphatic carbocycles. The molecule has 0 spiro atoms. The highest BCUT2D eigenvalue weighted by Gasteiger charge is 2.29. The van der Waals surface area contributed by atoms with Gasteiger partial charge in [0.25, 0.3) is 0 Å². The average molecular weight is 249 g/mol. The van der Waals surface area contributed by atoms with Crippen molar-refractivity contribution in [2.45, 2.75) is 25.8 Å². The van der Waals surface area contributed by atoms with Crippen molar-refractivity contribution in [3.05, 3.63) is 0 Å². The molecule has 1 unspecified atom stereocenters. The molecule has 3 nitrogen and oxygen atoms in total. The second-order valence-electron chi connectivity index (χ2n) is 3.87. The summed E-state index contributed by atoms with van der Waals surface area (Å²) in [5.74, 6) is 0. The number of hydrogen-bond donors (Lipinski definition) is 0. The molecule has 1 atom stereocenters. The van der Waals surface area contributed by atoms with Gasteiger partial charge in [-0.3, -0.25) is 8.21 Å². The maximum absolute atomic E-state index is 11.7. The second-order valence-corrected chi connectivity index (χ2v) is 10.6. The van der Waals surface area contributed by atoms with E-state index in [1.807, 2.05) is 0 Å². The molecule has 0 radical (unpaired) electrons. The number of hydrogen-bond acceptors (Lipinski definition) is 3. The van der Waals surface area contributed by atoms with Gasteiger partial charge in [0.05, 0.1) is 0 Å². The Balaban J connectivity index is 4.53. The zero-order chi connectivity index (χ0) is 11.6. The quantitative estimate of drug-likeness (QED) is 0.720. The highest BCUT2D eigenvalue weighted by atomic mass is 32.2. The van der Waals surface area contributed by atoms with E-state index in [0.29, 0.717) is 0 Å². The van der Waals surface area contributed by atoms with E-state index in [4.69, 9.17) is 0 Å². The standard InChI is InChI=1S/C6H14F3NO2SSi/c1-13(11,10-14(2,3)4)12-5-6(7,8)9/h5H2,1-4H3. The first-order chi connectivity index (χ1) is 5.91. The van der Waals surface area contributed by atoms with Crippen molar-refractivity contribution in [1.82, 2.24) is 0 Å². The van der Waals surface area contributed by atoms with Crippen molar-refractivity contribution in [2.75, 3.05) is 12.9 Å². The lowest BCUT2D eigenvalue weighted by Gasteiger charge is -2.14. The summed E-state index contributed by atoms with van der Waals surface area (Å²) in [5, 5.41) is 0. The summed E-state index contributed by atoms with van der Waals surface area (Å²) in [6.07, 6.45) is -3.38. The van der Waals surface area contributed by atoms with Gasteiger partial charge in [0.15, 0.2) is 24.9 Å². The number of alkyl halides is 3. The van der Waals surface area contributed by atoms with E-state index in [-0.39, 0.29) is 0 Å². The van der Waals surface area contributed by atoms with E-state index in [1.54, 1.807) is 19.6 Å². The van der Waals surface area contributed by atoms with Crippen molar-refractivity contribution < 1.29 is 21.6 Å². The molecule has 0 saturated heterocycles. The van der Waals surface area contributed by atoms with Crippen LogP contribution in [-0.2, 0) is 14.2 Å².